The fraction of sp³-hybridized carbons (Fsp3) is 0. The number of para-hydroxylation sites is 3. The fourth-order valence-electron chi connectivity index (χ4n) is 17.8. The Labute approximate surface area is 742 Å². The minimum absolute atomic E-state index is 0.111. The van der Waals surface area contributed by atoms with Gasteiger partial charge in [-0.3, -0.25) is 9.13 Å². The molecule has 0 N–H and O–H groups in total. The van der Waals surface area contributed by atoms with E-state index in [4.69, 9.17) is 65.4 Å². The zero-order valence-electron chi connectivity index (χ0n) is 82.2. The van der Waals surface area contributed by atoms with E-state index in [-0.39, 0.29) is 68.3 Å². The number of rotatable bonds is 12. The molecule has 0 aliphatic rings. The average molecular weight is 1630 g/mol. The van der Waals surface area contributed by atoms with E-state index in [9.17, 15) is 4.11 Å². The van der Waals surface area contributed by atoms with E-state index in [0.29, 0.717) is 67.4 Å². The predicted octanol–water partition coefficient (Wildman–Crippen LogP) is 30.2. The molecular formula is C114H68N8O4. The van der Waals surface area contributed by atoms with Gasteiger partial charge in [-0.2, -0.15) is 19.9 Å². The van der Waals surface area contributed by atoms with Crippen molar-refractivity contribution in [3.05, 3.63) is 412 Å². The maximum absolute atomic E-state index is 9.90. The summed E-state index contributed by atoms with van der Waals surface area (Å²) in [6, 6.07) is 95.1. The van der Waals surface area contributed by atoms with Crippen LogP contribution in [0.1, 0.15) is 21.9 Å². The Bertz CT molecular complexity index is 9850. The molecule has 0 fully saturated rings. The Kier molecular flexibility index (Phi) is 13.3. The lowest BCUT2D eigenvalue weighted by Crippen LogP contribution is -2.07. The topological polar surface area (TPSA) is 140 Å². The molecule has 8 heterocycles. The van der Waals surface area contributed by atoms with Gasteiger partial charge >= 0.3 is 0 Å². The number of hydrogen-bond acceptors (Lipinski definition) is 10. The van der Waals surface area contributed by atoms with E-state index in [1.807, 2.05) is 241 Å². The molecule has 0 aliphatic heterocycles. The summed E-state index contributed by atoms with van der Waals surface area (Å²) in [4.78, 5) is 31.3. The Hall–Kier alpha value is -17.2. The van der Waals surface area contributed by atoms with Gasteiger partial charge in [-0.15, -0.1) is 0 Å². The van der Waals surface area contributed by atoms with E-state index >= 15 is 0 Å². The lowest BCUT2D eigenvalue weighted by Gasteiger charge is -2.14. The third kappa shape index (κ3) is 12.0. The van der Waals surface area contributed by atoms with Crippen LogP contribution in [0.15, 0.2) is 430 Å². The first-order valence-electron chi connectivity index (χ1n) is 48.9. The molecule has 0 spiro atoms. The first-order chi connectivity index (χ1) is 69.1. The number of furan rings is 4. The van der Waals surface area contributed by atoms with Crippen molar-refractivity contribution in [1.29, 1.82) is 0 Å². The summed E-state index contributed by atoms with van der Waals surface area (Å²) in [6.45, 7) is 0. The van der Waals surface area contributed by atoms with Crippen LogP contribution in [-0.2, 0) is 0 Å². The lowest BCUT2D eigenvalue weighted by molar-refractivity contribution is 0.668. The quantitative estimate of drug-likeness (QED) is 0.116. The second kappa shape index (κ2) is 29.3. The molecule has 0 atom stereocenters. The van der Waals surface area contributed by atoms with Gasteiger partial charge in [0, 0.05) is 81.7 Å². The van der Waals surface area contributed by atoms with E-state index in [2.05, 4.69) is 71.3 Å². The smallest absolute Gasteiger partial charge is 0.238 e. The monoisotopic (exact) mass is 1630 g/mol. The Morgan fingerprint density at radius 2 is 0.627 bits per heavy atom. The Balaban J connectivity index is 0.000000150. The van der Waals surface area contributed by atoms with Crippen molar-refractivity contribution in [2.45, 2.75) is 0 Å². The van der Waals surface area contributed by atoms with Crippen LogP contribution in [-0.4, -0.2) is 39.0 Å². The largest absolute Gasteiger partial charge is 0.456 e. The Morgan fingerprint density at radius 3 is 1.29 bits per heavy atom. The molecule has 588 valence electrons. The van der Waals surface area contributed by atoms with E-state index in [0.717, 1.165) is 126 Å². The normalized spacial score (nSPS) is 13.6. The molecule has 12 heteroatoms. The summed E-state index contributed by atoms with van der Waals surface area (Å²) in [5.74, 6) is 1.40. The molecule has 26 rings (SSSR count). The van der Waals surface area contributed by atoms with Crippen LogP contribution >= 0.6 is 0 Å². The first-order valence-corrected chi connectivity index (χ1v) is 40.9. The van der Waals surface area contributed by atoms with Crippen LogP contribution in [0.2, 0.25) is 0 Å². The molecule has 0 amide bonds. The number of fused-ring (bicyclic) bond motifs is 20. The maximum Gasteiger partial charge on any atom is 0.238 e. The second-order valence-corrected chi connectivity index (χ2v) is 30.7. The van der Waals surface area contributed by atoms with E-state index < -0.39 is 90.2 Å². The highest BCUT2D eigenvalue weighted by molar-refractivity contribution is 6.27. The van der Waals surface area contributed by atoms with Crippen molar-refractivity contribution >= 4 is 131 Å². The van der Waals surface area contributed by atoms with Crippen LogP contribution in [0.25, 0.3) is 256 Å². The SMILES string of the molecule is [2H]c1c([2H])c([2H])c(-c2c([2H])c([2H])c([2H])c3oc4c([2H])c(-c5nc(-c6cccc(-c7ccccc7)c6)nc(-n6c7c(-c8ccccc8)cccc7c7ccc8oc9ccccc9c8c76)n5)c([2H])c([2H])c4c23)c([2H])c1[2H].[2H]c1c([2H])c([2H])c(-c2cccc3oc4cc(-c5nc(-c6ccc(-c7ccccc7)cc6)nc(-n6c7ccc(-c8ccccc8)cc7c7ccc8oc9ccccc9c8c76)n5)ccc4c23)c([2H])c1[2H]. The Morgan fingerprint density at radius 1 is 0.198 bits per heavy atom. The van der Waals surface area contributed by atoms with E-state index in [1.165, 1.54) is 0 Å². The van der Waals surface area contributed by atoms with Crippen LogP contribution in [0.5, 0.6) is 0 Å². The van der Waals surface area contributed by atoms with Gasteiger partial charge in [-0.25, -0.2) is 9.97 Å². The molecule has 8 aromatic heterocycles. The molecule has 126 heavy (non-hydrogen) atoms. The minimum Gasteiger partial charge on any atom is -0.456 e. The molecule has 26 aromatic rings. The van der Waals surface area contributed by atoms with Gasteiger partial charge in [0.2, 0.25) is 11.9 Å². The predicted molar refractivity (Wildman–Crippen MR) is 512 cm³/mol. The van der Waals surface area contributed by atoms with Gasteiger partial charge in [0.05, 0.1) is 54.8 Å². The molecule has 0 unspecified atom stereocenters. The number of benzene rings is 18. The van der Waals surface area contributed by atoms with Gasteiger partial charge in [0.1, 0.15) is 44.7 Å². The minimum atomic E-state index is -0.699. The molecule has 0 saturated heterocycles. The molecule has 18 aromatic carbocycles. The third-order valence-electron chi connectivity index (χ3n) is 23.4. The highest BCUT2D eigenvalue weighted by Crippen LogP contribution is 2.48. The maximum atomic E-state index is 9.90. The second-order valence-electron chi connectivity index (χ2n) is 30.7. The third-order valence-corrected chi connectivity index (χ3v) is 23.4. The van der Waals surface area contributed by atoms with E-state index in [1.54, 1.807) is 12.1 Å². The molecule has 12 nitrogen and oxygen atoms in total. The number of hydrogen-bond donors (Lipinski definition) is 0. The van der Waals surface area contributed by atoms with Crippen molar-refractivity contribution in [2.24, 2.45) is 0 Å². The highest BCUT2D eigenvalue weighted by atomic mass is 16.3. The summed E-state index contributed by atoms with van der Waals surface area (Å²) in [7, 11) is 0. The molecule has 0 saturated carbocycles. The van der Waals surface area contributed by atoms with Gasteiger partial charge in [0.25, 0.3) is 0 Å². The number of nitrogens with zero attached hydrogens (tertiary/aromatic N) is 8. The van der Waals surface area contributed by atoms with Gasteiger partial charge < -0.3 is 17.7 Å². The summed E-state index contributed by atoms with van der Waals surface area (Å²) >= 11 is 0. The zero-order chi connectivity index (χ0) is 96.8. The summed E-state index contributed by atoms with van der Waals surface area (Å²) in [5, 5.41) is 8.28. The van der Waals surface area contributed by atoms with Gasteiger partial charge in [0.15, 0.2) is 23.3 Å². The van der Waals surface area contributed by atoms with Crippen molar-refractivity contribution in [2.75, 3.05) is 0 Å². The summed E-state index contributed by atoms with van der Waals surface area (Å²) < 4.78 is 171. The summed E-state index contributed by atoms with van der Waals surface area (Å²) in [5.41, 5.74) is 15.9. The van der Waals surface area contributed by atoms with Crippen molar-refractivity contribution < 1.29 is 39.6 Å². The molecule has 0 aliphatic carbocycles. The first kappa shape index (κ1) is 57.1. The van der Waals surface area contributed by atoms with Crippen LogP contribution in [0, 0.1) is 0 Å². The summed E-state index contributed by atoms with van der Waals surface area (Å²) in [6.07, 6.45) is 0. The molecular weight excluding hydrogens is 1550 g/mol. The standard InChI is InChI=1S/2C57H34N4O2/c1-4-15-35(16-5-1)38-21-12-22-39(33-38)55-58-56(40-29-30-46-50(34-40)63-48-28-14-24-41(51(46)48)36-17-6-2-7-18-36)60-57(59-55)61-53-42(37-19-8-3-9-20-37)25-13-26-43(53)44-31-32-49-52(54(44)61)45-23-10-11-27-47(45)62-49;1-4-13-35(14-5-1)37-23-25-39(26-24-37)55-58-56(41-27-29-45-51(34-41)63-49-22-12-20-42(52(45)49)38-17-8-3-9-18-38)60-57(59-55)61-47-31-28-40(36-15-6-2-7-16-36)33-46(47)43-30-32-50-53(54(43)61)44-19-10-11-21-48(44)62-50/h2*1-34H/i2D,6D,7D,14D,17D,18D,24D,28D,29D,30D,34D;3D,8D,9D,17D,18D. The van der Waals surface area contributed by atoms with Crippen LogP contribution < -0.4 is 0 Å². The lowest BCUT2D eigenvalue weighted by atomic mass is 9.99. The highest BCUT2D eigenvalue weighted by Gasteiger charge is 2.28. The number of aromatic nitrogens is 8. The van der Waals surface area contributed by atoms with Crippen LogP contribution in [0.3, 0.4) is 0 Å². The average Bonchev–Trinajstić information content (AvgIpc) is 1.51. The van der Waals surface area contributed by atoms with Crippen molar-refractivity contribution in [1.82, 2.24) is 39.0 Å². The van der Waals surface area contributed by atoms with Gasteiger partial charge in [-0.1, -0.05) is 321 Å². The van der Waals surface area contributed by atoms with Gasteiger partial charge in [-0.05, 0) is 152 Å². The van der Waals surface area contributed by atoms with Crippen LogP contribution in [0.4, 0.5) is 0 Å². The van der Waals surface area contributed by atoms with Crippen molar-refractivity contribution in [3.63, 3.8) is 0 Å². The zero-order valence-corrected chi connectivity index (χ0v) is 66.2. The fourth-order valence-corrected chi connectivity index (χ4v) is 17.8. The molecule has 0 radical (unpaired) electrons. The van der Waals surface area contributed by atoms with Crippen molar-refractivity contribution in [3.8, 4) is 124 Å². The molecule has 0 bridgehead atoms.